The molecule has 0 spiro atoms. The van der Waals surface area contributed by atoms with Crippen molar-refractivity contribution in [1.82, 2.24) is 0 Å². The van der Waals surface area contributed by atoms with E-state index >= 15 is 0 Å². The van der Waals surface area contributed by atoms with Crippen LogP contribution in [0, 0.1) is 0 Å². The van der Waals surface area contributed by atoms with Gasteiger partial charge in [-0.15, -0.1) is 0 Å². The second-order valence-corrected chi connectivity index (χ2v) is 8.49. The zero-order valence-electron chi connectivity index (χ0n) is 21.0. The molecule has 2 N–H and O–H groups in total. The van der Waals surface area contributed by atoms with Gasteiger partial charge >= 0.3 is 23.9 Å². The molecule has 1 unspecified atom stereocenters. The molecule has 11 atom stereocenters. The van der Waals surface area contributed by atoms with E-state index in [4.69, 9.17) is 42.4 Å². The Morgan fingerprint density at radius 2 is 1.34 bits per heavy atom. The predicted molar refractivity (Wildman–Crippen MR) is 120 cm³/mol. The molecule has 0 aromatic rings. The van der Waals surface area contributed by atoms with Crippen molar-refractivity contribution >= 4 is 39.8 Å². The topological polar surface area (TPSA) is 209 Å². The van der Waals surface area contributed by atoms with Crippen LogP contribution in [0.4, 0.5) is 0 Å². The van der Waals surface area contributed by atoms with Crippen molar-refractivity contribution in [3.63, 3.8) is 0 Å². The minimum atomic E-state index is -1.68. The molecule has 0 amide bonds. The Morgan fingerprint density at radius 1 is 0.789 bits per heavy atom. The van der Waals surface area contributed by atoms with Crippen LogP contribution in [0.2, 0.25) is 0 Å². The van der Waals surface area contributed by atoms with E-state index in [0.717, 1.165) is 27.7 Å². The maximum Gasteiger partial charge on any atom is 0.303 e. The molecule has 2 aliphatic heterocycles. The van der Waals surface area contributed by atoms with Crippen LogP contribution in [-0.4, -0.2) is 115 Å². The fourth-order valence-electron chi connectivity index (χ4n) is 3.97. The lowest BCUT2D eigenvalue weighted by atomic mass is 9.96. The largest absolute Gasteiger partial charge is 0.463 e. The first-order chi connectivity index (χ1) is 17.9. The lowest BCUT2D eigenvalue weighted by Crippen LogP contribution is -2.66. The van der Waals surface area contributed by atoms with E-state index in [2.05, 4.69) is 0 Å². The summed E-state index contributed by atoms with van der Waals surface area (Å²) in [6.07, 6.45) is -14.7. The van der Waals surface area contributed by atoms with Gasteiger partial charge in [0.05, 0.1) is 6.61 Å². The summed E-state index contributed by atoms with van der Waals surface area (Å²) in [5.41, 5.74) is 0. The van der Waals surface area contributed by atoms with Crippen LogP contribution in [-0.2, 0) is 66.4 Å². The Morgan fingerprint density at radius 3 is 1.84 bits per heavy atom. The number of carbonyl (C=O) groups excluding carboxylic acids is 5. The Hall–Kier alpha value is -2.46. The lowest BCUT2D eigenvalue weighted by molar-refractivity contribution is -0.358. The fourth-order valence-corrected chi connectivity index (χ4v) is 4.19. The molecule has 0 bridgehead atoms. The number of carbonyl (C=O) groups is 5. The Labute approximate surface area is 219 Å². The molecule has 0 aliphatic carbocycles. The van der Waals surface area contributed by atoms with Gasteiger partial charge in [0.25, 0.3) is 6.47 Å². The smallest absolute Gasteiger partial charge is 0.303 e. The van der Waals surface area contributed by atoms with E-state index in [1.54, 1.807) is 0 Å². The molecule has 0 aromatic heterocycles. The van der Waals surface area contributed by atoms with Gasteiger partial charge < -0.3 is 52.6 Å². The third-order valence-electron chi connectivity index (χ3n) is 5.38. The number of ether oxygens (including phenoxy) is 8. The zero-order valence-corrected chi connectivity index (χ0v) is 22.1. The van der Waals surface area contributed by atoms with Gasteiger partial charge in [-0.2, -0.15) is 0 Å². The van der Waals surface area contributed by atoms with Crippen LogP contribution in [0.5, 0.6) is 0 Å². The summed E-state index contributed by atoms with van der Waals surface area (Å²) in [5.74, 6) is -3.27. The summed E-state index contributed by atoms with van der Waals surface area (Å²) in [4.78, 5) is 58.3. The van der Waals surface area contributed by atoms with Gasteiger partial charge in [-0.25, -0.2) is 0 Å². The highest BCUT2D eigenvalue weighted by atomic mass is 31.0. The van der Waals surface area contributed by atoms with Crippen LogP contribution in [0.3, 0.4) is 0 Å². The fraction of sp³-hybridized carbons (Fsp3) is 0.762. The van der Waals surface area contributed by atoms with Crippen molar-refractivity contribution in [3.8, 4) is 0 Å². The lowest BCUT2D eigenvalue weighted by Gasteiger charge is -2.47. The van der Waals surface area contributed by atoms with Crippen molar-refractivity contribution < 1.29 is 76.6 Å². The molecule has 38 heavy (non-hydrogen) atoms. The van der Waals surface area contributed by atoms with Crippen LogP contribution in [0.25, 0.3) is 0 Å². The van der Waals surface area contributed by atoms with Crippen molar-refractivity contribution in [2.45, 2.75) is 89.1 Å². The number of rotatable bonds is 11. The normalized spacial score (nSPS) is 34.9. The van der Waals surface area contributed by atoms with Gasteiger partial charge in [-0.1, -0.05) is 0 Å². The van der Waals surface area contributed by atoms with E-state index in [-0.39, 0.29) is 6.47 Å². The number of hydrogen-bond acceptors (Lipinski definition) is 16. The van der Waals surface area contributed by atoms with E-state index in [1.807, 2.05) is 9.47 Å². The quantitative estimate of drug-likeness (QED) is 0.118. The Bertz CT molecular complexity index is 853. The molecule has 2 saturated heterocycles. The van der Waals surface area contributed by atoms with Crippen molar-refractivity contribution in [3.05, 3.63) is 0 Å². The van der Waals surface area contributed by atoms with E-state index in [0.29, 0.717) is 0 Å². The standard InChI is InChI=1S/C21H31O16P/c1-8(24)29-6-13-15(30-7-23)17(32-10(3)26)19(33-11(4)27)20(35-13)36-18-16(31-9(2)25)14(28)12(5-22)34-21(18)37-38/h7,12-22,28H,5-6,38H2,1-4H3/t12-,13+,14+,15+,16-,17-,18-,19-,20+,21+/m0/s1. The van der Waals surface area contributed by atoms with E-state index < -0.39 is 98.5 Å². The highest BCUT2D eigenvalue weighted by Crippen LogP contribution is 2.34. The molecule has 17 heteroatoms. The molecular formula is C21H31O16P. The third kappa shape index (κ3) is 8.27. The first-order valence-corrected chi connectivity index (χ1v) is 11.8. The van der Waals surface area contributed by atoms with E-state index in [9.17, 15) is 34.2 Å². The van der Waals surface area contributed by atoms with Gasteiger partial charge in [0.2, 0.25) is 0 Å². The molecule has 0 saturated carbocycles. The number of aliphatic hydroxyl groups excluding tert-OH is 2. The van der Waals surface area contributed by atoms with Gasteiger partial charge in [-0.05, 0) is 0 Å². The first-order valence-electron chi connectivity index (χ1n) is 11.3. The molecule has 16 nitrogen and oxygen atoms in total. The van der Waals surface area contributed by atoms with Gasteiger partial charge in [-0.3, -0.25) is 24.0 Å². The van der Waals surface area contributed by atoms with Crippen LogP contribution < -0.4 is 0 Å². The number of hydrogen-bond donors (Lipinski definition) is 2. The minimum absolute atomic E-state index is 0.0343. The summed E-state index contributed by atoms with van der Waals surface area (Å²) in [7, 11) is 1.89. The molecule has 2 aliphatic rings. The van der Waals surface area contributed by atoms with Gasteiger partial charge in [0, 0.05) is 37.2 Å². The summed E-state index contributed by atoms with van der Waals surface area (Å²) in [5, 5.41) is 20.2. The maximum atomic E-state index is 12.0. The summed E-state index contributed by atoms with van der Waals surface area (Å²) in [6, 6.07) is 0. The molecule has 0 radical (unpaired) electrons. The SMILES string of the molecule is CC(=O)OC[C@H]1O[C@H](O[C@@H]2[C@@H](OP)O[C@@H](CO)[C@@H](O)[C@@H]2OC(C)=O)[C@@H](OC(C)=O)[C@@H](OC(C)=O)[C@@H]1OC=O. The van der Waals surface area contributed by atoms with Crippen molar-refractivity contribution in [2.24, 2.45) is 0 Å². The molecule has 0 aromatic carbocycles. The first kappa shape index (κ1) is 31.8. The average molecular weight is 570 g/mol. The van der Waals surface area contributed by atoms with E-state index in [1.165, 1.54) is 0 Å². The summed E-state index contributed by atoms with van der Waals surface area (Å²) in [6.45, 7) is 3.12. The Balaban J connectivity index is 2.52. The maximum absolute atomic E-state index is 12.0. The minimum Gasteiger partial charge on any atom is -0.463 e. The molecule has 2 rings (SSSR count). The zero-order chi connectivity index (χ0) is 28.6. The number of esters is 4. The highest BCUT2D eigenvalue weighted by Gasteiger charge is 2.56. The summed E-state index contributed by atoms with van der Waals surface area (Å²) >= 11 is 0. The van der Waals surface area contributed by atoms with Gasteiger partial charge in [0.15, 0.2) is 43.1 Å². The second-order valence-electron chi connectivity index (χ2n) is 8.22. The Kier molecular flexibility index (Phi) is 12.2. The predicted octanol–water partition coefficient (Wildman–Crippen LogP) is -2.12. The molecule has 2 heterocycles. The monoisotopic (exact) mass is 570 g/mol. The summed E-state index contributed by atoms with van der Waals surface area (Å²) < 4.78 is 48.2. The van der Waals surface area contributed by atoms with Gasteiger partial charge in [0.1, 0.15) is 24.9 Å². The molecular weight excluding hydrogens is 539 g/mol. The average Bonchev–Trinajstić information content (AvgIpc) is 2.83. The molecule has 2 fully saturated rings. The number of aliphatic hydroxyl groups is 2. The second kappa shape index (κ2) is 14.6. The van der Waals surface area contributed by atoms with Crippen molar-refractivity contribution in [2.75, 3.05) is 13.2 Å². The van der Waals surface area contributed by atoms with Crippen LogP contribution in [0.1, 0.15) is 27.7 Å². The van der Waals surface area contributed by atoms with Crippen LogP contribution in [0.15, 0.2) is 0 Å². The van der Waals surface area contributed by atoms with Crippen LogP contribution >= 0.6 is 9.47 Å². The third-order valence-corrected chi connectivity index (χ3v) is 5.65. The van der Waals surface area contributed by atoms with Crippen molar-refractivity contribution in [1.29, 1.82) is 0 Å². The highest BCUT2D eigenvalue weighted by molar-refractivity contribution is 7.09. The molecule has 216 valence electrons.